The van der Waals surface area contributed by atoms with Crippen LogP contribution in [-0.4, -0.2) is 29.4 Å². The fraction of sp³-hybridized carbons (Fsp3) is 0.364. The lowest BCUT2D eigenvalue weighted by molar-refractivity contribution is -0.118. The number of benzene rings is 1. The van der Waals surface area contributed by atoms with Gasteiger partial charge in [0.2, 0.25) is 5.91 Å². The van der Waals surface area contributed by atoms with E-state index in [9.17, 15) is 4.79 Å². The second-order valence-electron chi connectivity index (χ2n) is 3.40. The van der Waals surface area contributed by atoms with Gasteiger partial charge in [-0.25, -0.2) is 0 Å². The molecule has 0 aliphatic heterocycles. The molecule has 0 heterocycles. The van der Waals surface area contributed by atoms with Gasteiger partial charge in [-0.05, 0) is 25.1 Å². The molecule has 0 saturated heterocycles. The molecule has 1 amide bonds. The predicted octanol–water partition coefficient (Wildman–Crippen LogP) is 2.04. The summed E-state index contributed by atoms with van der Waals surface area (Å²) in [5, 5.41) is 11.6. The molecule has 0 aliphatic rings. The molecule has 0 fully saturated rings. The first-order valence-electron chi connectivity index (χ1n) is 4.91. The summed E-state index contributed by atoms with van der Waals surface area (Å²) in [6.07, 6.45) is -0.500. The molecular formula is C11H14BrNO2S. The number of hydrogen-bond donors (Lipinski definition) is 2. The van der Waals surface area contributed by atoms with Gasteiger partial charge in [-0.1, -0.05) is 22.0 Å². The van der Waals surface area contributed by atoms with Crippen molar-refractivity contribution in [2.75, 3.05) is 12.3 Å². The van der Waals surface area contributed by atoms with Crippen molar-refractivity contribution in [1.29, 1.82) is 0 Å². The van der Waals surface area contributed by atoms with Gasteiger partial charge in [0.05, 0.1) is 11.9 Å². The van der Waals surface area contributed by atoms with E-state index in [0.717, 1.165) is 9.37 Å². The summed E-state index contributed by atoms with van der Waals surface area (Å²) in [6, 6.07) is 7.79. The predicted molar refractivity (Wildman–Crippen MR) is 69.6 cm³/mol. The molecule has 0 saturated carbocycles. The number of amides is 1. The zero-order valence-corrected chi connectivity index (χ0v) is 11.3. The fourth-order valence-electron chi connectivity index (χ4n) is 1.02. The zero-order chi connectivity index (χ0) is 12.0. The molecule has 2 N–H and O–H groups in total. The lowest BCUT2D eigenvalue weighted by Crippen LogP contribution is -2.31. The Morgan fingerprint density at radius 1 is 1.62 bits per heavy atom. The van der Waals surface area contributed by atoms with Crippen molar-refractivity contribution in [2.24, 2.45) is 0 Å². The largest absolute Gasteiger partial charge is 0.392 e. The van der Waals surface area contributed by atoms with E-state index in [4.69, 9.17) is 5.11 Å². The number of rotatable bonds is 5. The van der Waals surface area contributed by atoms with E-state index in [1.807, 2.05) is 24.3 Å². The Bertz CT molecular complexity index is 358. The molecular weight excluding hydrogens is 290 g/mol. The van der Waals surface area contributed by atoms with E-state index in [-0.39, 0.29) is 5.91 Å². The summed E-state index contributed by atoms with van der Waals surface area (Å²) in [5.41, 5.74) is 0. The second kappa shape index (κ2) is 6.93. The van der Waals surface area contributed by atoms with Crippen LogP contribution >= 0.6 is 27.7 Å². The topological polar surface area (TPSA) is 49.3 Å². The summed E-state index contributed by atoms with van der Waals surface area (Å²) in [4.78, 5) is 12.4. The number of carbonyl (C=O) groups is 1. The van der Waals surface area contributed by atoms with Crippen LogP contribution < -0.4 is 5.32 Å². The minimum absolute atomic E-state index is 0.0640. The molecule has 1 unspecified atom stereocenters. The Balaban J connectivity index is 2.31. The number of hydrogen-bond acceptors (Lipinski definition) is 3. The van der Waals surface area contributed by atoms with Crippen LogP contribution in [0, 0.1) is 0 Å². The summed E-state index contributed by atoms with van der Waals surface area (Å²) in [5.74, 6) is 0.300. The number of aliphatic hydroxyl groups is 1. The molecule has 0 bridgehead atoms. The van der Waals surface area contributed by atoms with Crippen molar-refractivity contribution in [1.82, 2.24) is 5.32 Å². The molecule has 3 nitrogen and oxygen atoms in total. The Labute approximate surface area is 108 Å². The molecule has 0 spiro atoms. The van der Waals surface area contributed by atoms with Crippen LogP contribution in [0.15, 0.2) is 33.6 Å². The number of carbonyl (C=O) groups excluding carboxylic acids is 1. The van der Waals surface area contributed by atoms with Crippen LogP contribution in [0.2, 0.25) is 0 Å². The summed E-state index contributed by atoms with van der Waals surface area (Å²) < 4.78 is 1.00. The highest BCUT2D eigenvalue weighted by molar-refractivity contribution is 9.10. The Morgan fingerprint density at radius 2 is 2.38 bits per heavy atom. The lowest BCUT2D eigenvalue weighted by atomic mass is 10.4. The quantitative estimate of drug-likeness (QED) is 0.819. The van der Waals surface area contributed by atoms with E-state index in [1.165, 1.54) is 11.8 Å². The molecule has 0 aliphatic carbocycles. The van der Waals surface area contributed by atoms with E-state index < -0.39 is 6.10 Å². The van der Waals surface area contributed by atoms with Gasteiger partial charge in [-0.3, -0.25) is 4.79 Å². The van der Waals surface area contributed by atoms with Gasteiger partial charge in [0, 0.05) is 15.9 Å². The number of nitrogens with one attached hydrogen (secondary N) is 1. The third-order valence-corrected chi connectivity index (χ3v) is 3.25. The van der Waals surface area contributed by atoms with Gasteiger partial charge < -0.3 is 10.4 Å². The third-order valence-electron chi connectivity index (χ3n) is 1.76. The summed E-state index contributed by atoms with van der Waals surface area (Å²) in [6.45, 7) is 1.94. The fourth-order valence-corrected chi connectivity index (χ4v) is 2.35. The van der Waals surface area contributed by atoms with E-state index in [0.29, 0.717) is 12.3 Å². The summed E-state index contributed by atoms with van der Waals surface area (Å²) >= 11 is 4.84. The molecule has 0 radical (unpaired) electrons. The monoisotopic (exact) mass is 303 g/mol. The maximum atomic E-state index is 11.4. The van der Waals surface area contributed by atoms with E-state index >= 15 is 0 Å². The minimum atomic E-state index is -0.500. The van der Waals surface area contributed by atoms with Gasteiger partial charge >= 0.3 is 0 Å². The average Bonchev–Trinajstić information content (AvgIpc) is 2.23. The standard InChI is InChI=1S/C11H14BrNO2S/c1-8(14)6-13-11(15)7-16-10-4-2-3-9(12)5-10/h2-5,8,14H,6-7H2,1H3,(H,13,15). The maximum Gasteiger partial charge on any atom is 0.230 e. The first-order valence-corrected chi connectivity index (χ1v) is 6.69. The highest BCUT2D eigenvalue weighted by Gasteiger charge is 2.04. The van der Waals surface area contributed by atoms with Crippen LogP contribution in [0.1, 0.15) is 6.92 Å². The molecule has 16 heavy (non-hydrogen) atoms. The normalized spacial score (nSPS) is 12.2. The summed E-state index contributed by atoms with van der Waals surface area (Å²) in [7, 11) is 0. The lowest BCUT2D eigenvalue weighted by Gasteiger charge is -2.06. The van der Waals surface area contributed by atoms with Crippen molar-refractivity contribution in [3.63, 3.8) is 0 Å². The van der Waals surface area contributed by atoms with Crippen molar-refractivity contribution in [3.05, 3.63) is 28.7 Å². The van der Waals surface area contributed by atoms with E-state index in [2.05, 4.69) is 21.2 Å². The molecule has 5 heteroatoms. The molecule has 88 valence electrons. The molecule has 0 aromatic heterocycles. The van der Waals surface area contributed by atoms with Gasteiger partial charge in [0.1, 0.15) is 0 Å². The Morgan fingerprint density at radius 3 is 3.00 bits per heavy atom. The minimum Gasteiger partial charge on any atom is -0.392 e. The highest BCUT2D eigenvalue weighted by Crippen LogP contribution is 2.21. The van der Waals surface area contributed by atoms with Crippen LogP contribution in [0.4, 0.5) is 0 Å². The Kier molecular flexibility index (Phi) is 5.87. The van der Waals surface area contributed by atoms with Gasteiger partial charge in [-0.2, -0.15) is 0 Å². The molecule has 1 rings (SSSR count). The van der Waals surface area contributed by atoms with Gasteiger partial charge in [0.15, 0.2) is 0 Å². The number of thioether (sulfide) groups is 1. The van der Waals surface area contributed by atoms with E-state index in [1.54, 1.807) is 6.92 Å². The Hall–Kier alpha value is -0.520. The van der Waals surface area contributed by atoms with Crippen LogP contribution in [-0.2, 0) is 4.79 Å². The molecule has 1 aromatic carbocycles. The average molecular weight is 304 g/mol. The SMILES string of the molecule is CC(O)CNC(=O)CSc1cccc(Br)c1. The van der Waals surface area contributed by atoms with Crippen molar-refractivity contribution in [2.45, 2.75) is 17.9 Å². The smallest absolute Gasteiger partial charge is 0.230 e. The van der Waals surface area contributed by atoms with Crippen molar-refractivity contribution in [3.8, 4) is 0 Å². The number of aliphatic hydroxyl groups excluding tert-OH is 1. The van der Waals surface area contributed by atoms with Crippen LogP contribution in [0.25, 0.3) is 0 Å². The third kappa shape index (κ3) is 5.53. The van der Waals surface area contributed by atoms with Crippen molar-refractivity contribution >= 4 is 33.6 Å². The van der Waals surface area contributed by atoms with Crippen LogP contribution in [0.5, 0.6) is 0 Å². The molecule has 1 aromatic rings. The first kappa shape index (κ1) is 13.5. The zero-order valence-electron chi connectivity index (χ0n) is 8.94. The van der Waals surface area contributed by atoms with Crippen molar-refractivity contribution < 1.29 is 9.90 Å². The van der Waals surface area contributed by atoms with Gasteiger partial charge in [-0.15, -0.1) is 11.8 Å². The molecule has 1 atom stereocenters. The highest BCUT2D eigenvalue weighted by atomic mass is 79.9. The first-order chi connectivity index (χ1) is 7.58. The second-order valence-corrected chi connectivity index (χ2v) is 5.36. The number of halogens is 1. The van der Waals surface area contributed by atoms with Gasteiger partial charge in [0.25, 0.3) is 0 Å². The maximum absolute atomic E-state index is 11.4. The van der Waals surface area contributed by atoms with Crippen LogP contribution in [0.3, 0.4) is 0 Å².